The topological polar surface area (TPSA) is 67.2 Å². The van der Waals surface area contributed by atoms with E-state index in [-0.39, 0.29) is 29.3 Å². The van der Waals surface area contributed by atoms with E-state index in [0.29, 0.717) is 25.2 Å². The molecule has 2 atom stereocenters. The Morgan fingerprint density at radius 3 is 2.71 bits per heavy atom. The van der Waals surface area contributed by atoms with Crippen molar-refractivity contribution in [2.75, 3.05) is 13.1 Å². The van der Waals surface area contributed by atoms with Gasteiger partial charge in [0.15, 0.2) is 0 Å². The lowest BCUT2D eigenvalue weighted by atomic mass is 10.1. The zero-order chi connectivity index (χ0) is 15.4. The third-order valence-electron chi connectivity index (χ3n) is 4.21. The van der Waals surface area contributed by atoms with E-state index in [4.69, 9.17) is 0 Å². The second-order valence-electron chi connectivity index (χ2n) is 7.10. The summed E-state index contributed by atoms with van der Waals surface area (Å²) in [7, 11) is 0. The number of fused-ring (bicyclic) bond motifs is 1. The maximum absolute atomic E-state index is 12.8. The average Bonchev–Trinajstić information content (AvgIpc) is 2.99. The van der Waals surface area contributed by atoms with E-state index >= 15 is 0 Å². The predicted molar refractivity (Wildman–Crippen MR) is 77.9 cm³/mol. The van der Waals surface area contributed by atoms with Crippen LogP contribution in [0.5, 0.6) is 0 Å². The number of carbonyl (C=O) groups excluding carboxylic acids is 2. The van der Waals surface area contributed by atoms with Crippen LogP contribution in [0.2, 0.25) is 0 Å². The van der Waals surface area contributed by atoms with Crippen molar-refractivity contribution in [1.82, 2.24) is 20.0 Å². The van der Waals surface area contributed by atoms with Crippen LogP contribution in [0.25, 0.3) is 0 Å². The van der Waals surface area contributed by atoms with E-state index in [1.165, 1.54) is 0 Å². The molecule has 0 aliphatic carbocycles. The van der Waals surface area contributed by atoms with Crippen LogP contribution in [-0.2, 0) is 10.3 Å². The Hall–Kier alpha value is -1.85. The molecule has 0 radical (unpaired) electrons. The molecule has 0 spiro atoms. The highest BCUT2D eigenvalue weighted by Crippen LogP contribution is 2.27. The molecule has 0 unspecified atom stereocenters. The number of rotatable bonds is 1. The highest BCUT2D eigenvalue weighted by Gasteiger charge is 2.42. The van der Waals surface area contributed by atoms with Crippen LogP contribution in [0.15, 0.2) is 6.07 Å². The van der Waals surface area contributed by atoms with Crippen molar-refractivity contribution in [2.45, 2.75) is 45.7 Å². The van der Waals surface area contributed by atoms with Gasteiger partial charge in [-0.15, -0.1) is 0 Å². The third-order valence-corrected chi connectivity index (χ3v) is 4.21. The van der Waals surface area contributed by atoms with Crippen molar-refractivity contribution in [3.8, 4) is 0 Å². The first kappa shape index (κ1) is 14.1. The summed E-state index contributed by atoms with van der Waals surface area (Å²) in [6.45, 7) is 9.26. The number of nitrogens with one attached hydrogen (secondary N) is 1. The van der Waals surface area contributed by atoms with Gasteiger partial charge < -0.3 is 10.2 Å². The van der Waals surface area contributed by atoms with Crippen molar-refractivity contribution in [3.05, 3.63) is 17.5 Å². The molecule has 0 bridgehead atoms. The fourth-order valence-corrected chi connectivity index (χ4v) is 3.24. The van der Waals surface area contributed by atoms with E-state index in [1.54, 1.807) is 4.68 Å². The van der Waals surface area contributed by atoms with Crippen LogP contribution in [0.3, 0.4) is 0 Å². The van der Waals surface area contributed by atoms with Crippen LogP contribution >= 0.6 is 0 Å². The van der Waals surface area contributed by atoms with Crippen molar-refractivity contribution in [2.24, 2.45) is 5.92 Å². The van der Waals surface area contributed by atoms with Gasteiger partial charge in [-0.2, -0.15) is 5.10 Å². The Kier molecular flexibility index (Phi) is 3.07. The highest BCUT2D eigenvalue weighted by molar-refractivity contribution is 5.93. The lowest BCUT2D eigenvalue weighted by molar-refractivity contribution is -0.119. The van der Waals surface area contributed by atoms with Crippen LogP contribution in [0.4, 0.5) is 0 Å². The molecule has 3 heterocycles. The lowest BCUT2D eigenvalue weighted by Crippen LogP contribution is -2.38. The van der Waals surface area contributed by atoms with Crippen molar-refractivity contribution in [1.29, 1.82) is 0 Å². The summed E-state index contributed by atoms with van der Waals surface area (Å²) in [6.07, 6.45) is 0.534. The monoisotopic (exact) mass is 290 g/mol. The number of aromatic nitrogens is 2. The zero-order valence-corrected chi connectivity index (χ0v) is 13.0. The summed E-state index contributed by atoms with van der Waals surface area (Å²) in [5.74, 6) is 0.371. The maximum Gasteiger partial charge on any atom is 0.272 e. The van der Waals surface area contributed by atoms with E-state index in [1.807, 2.05) is 38.7 Å². The predicted octanol–water partition coefficient (Wildman–Crippen LogP) is 0.907. The largest absolute Gasteiger partial charge is 0.351 e. The first-order valence-electron chi connectivity index (χ1n) is 7.41. The van der Waals surface area contributed by atoms with Crippen LogP contribution < -0.4 is 5.32 Å². The summed E-state index contributed by atoms with van der Waals surface area (Å²) in [5.41, 5.74) is 1.25. The first-order chi connectivity index (χ1) is 9.75. The number of hydrogen-bond acceptors (Lipinski definition) is 3. The molecule has 0 aromatic carbocycles. The number of likely N-dealkylation sites (tertiary alicyclic amines) is 1. The van der Waals surface area contributed by atoms with Crippen LogP contribution in [-0.4, -0.2) is 45.6 Å². The molecule has 1 N–H and O–H groups in total. The Morgan fingerprint density at radius 1 is 1.38 bits per heavy atom. The minimum absolute atomic E-state index is 0.00849. The van der Waals surface area contributed by atoms with Gasteiger partial charge in [-0.3, -0.25) is 14.3 Å². The molecule has 6 heteroatoms. The molecule has 2 amide bonds. The van der Waals surface area contributed by atoms with E-state index < -0.39 is 0 Å². The fraction of sp³-hybridized carbons (Fsp3) is 0.667. The number of aryl methyl sites for hydroxylation is 1. The van der Waals surface area contributed by atoms with Gasteiger partial charge in [0.25, 0.3) is 5.91 Å². The molecule has 2 aliphatic rings. The Morgan fingerprint density at radius 2 is 2.10 bits per heavy atom. The Bertz CT molecular complexity index is 583. The van der Waals surface area contributed by atoms with E-state index in [0.717, 1.165) is 5.69 Å². The SMILES string of the molecule is Cc1cc(C(=O)N2C[C@@H]3CC(=O)N[C@@H]3C2)n(C(C)(C)C)n1. The third kappa shape index (κ3) is 2.43. The second kappa shape index (κ2) is 4.58. The standard InChI is InChI=1S/C15H22N4O2/c1-9-5-12(19(17-9)15(2,3)4)14(21)18-7-10-6-13(20)16-11(10)8-18/h5,10-11H,6-8H2,1-4H3,(H,16,20)/t10-,11+/m0/s1. The Balaban J connectivity index is 1.83. The van der Waals surface area contributed by atoms with Crippen LogP contribution in [0.1, 0.15) is 43.4 Å². The molecular weight excluding hydrogens is 268 g/mol. The average molecular weight is 290 g/mol. The summed E-state index contributed by atoms with van der Waals surface area (Å²) in [6, 6.07) is 1.97. The van der Waals surface area contributed by atoms with Gasteiger partial charge in [0.1, 0.15) is 5.69 Å². The molecule has 6 nitrogen and oxygen atoms in total. The molecular formula is C15H22N4O2. The molecule has 1 aromatic heterocycles. The normalized spacial score (nSPS) is 25.1. The van der Waals surface area contributed by atoms with Gasteiger partial charge in [0.2, 0.25) is 5.91 Å². The van der Waals surface area contributed by atoms with Crippen molar-refractivity contribution >= 4 is 11.8 Å². The summed E-state index contributed by atoms with van der Waals surface area (Å²) in [4.78, 5) is 26.0. The Labute approximate surface area is 124 Å². The number of amides is 2. The van der Waals surface area contributed by atoms with E-state index in [9.17, 15) is 9.59 Å². The highest BCUT2D eigenvalue weighted by atomic mass is 16.2. The van der Waals surface area contributed by atoms with E-state index in [2.05, 4.69) is 10.4 Å². The van der Waals surface area contributed by atoms with Gasteiger partial charge in [0.05, 0.1) is 17.3 Å². The minimum Gasteiger partial charge on any atom is -0.351 e. The lowest BCUT2D eigenvalue weighted by Gasteiger charge is -2.24. The van der Waals surface area contributed by atoms with Gasteiger partial charge >= 0.3 is 0 Å². The minimum atomic E-state index is -0.233. The summed E-state index contributed by atoms with van der Waals surface area (Å²) < 4.78 is 1.80. The molecule has 2 saturated heterocycles. The molecule has 3 rings (SSSR count). The molecule has 114 valence electrons. The van der Waals surface area contributed by atoms with Gasteiger partial charge in [-0.25, -0.2) is 0 Å². The second-order valence-corrected chi connectivity index (χ2v) is 7.10. The zero-order valence-electron chi connectivity index (χ0n) is 13.0. The quantitative estimate of drug-likeness (QED) is 0.836. The summed E-state index contributed by atoms with van der Waals surface area (Å²) >= 11 is 0. The van der Waals surface area contributed by atoms with Gasteiger partial charge in [-0.05, 0) is 33.8 Å². The van der Waals surface area contributed by atoms with Crippen molar-refractivity contribution < 1.29 is 9.59 Å². The van der Waals surface area contributed by atoms with Crippen molar-refractivity contribution in [3.63, 3.8) is 0 Å². The summed E-state index contributed by atoms with van der Waals surface area (Å²) in [5, 5.41) is 7.40. The number of carbonyl (C=O) groups is 2. The maximum atomic E-state index is 12.8. The van der Waals surface area contributed by atoms with Crippen LogP contribution in [0, 0.1) is 12.8 Å². The number of hydrogen-bond donors (Lipinski definition) is 1. The molecule has 1 aromatic rings. The smallest absolute Gasteiger partial charge is 0.272 e. The molecule has 2 aliphatic heterocycles. The van der Waals surface area contributed by atoms with Gasteiger partial charge in [-0.1, -0.05) is 0 Å². The fourth-order valence-electron chi connectivity index (χ4n) is 3.24. The van der Waals surface area contributed by atoms with Gasteiger partial charge in [0, 0.05) is 25.4 Å². The number of nitrogens with zero attached hydrogens (tertiary/aromatic N) is 3. The molecule has 2 fully saturated rings. The molecule has 0 saturated carbocycles. The first-order valence-corrected chi connectivity index (χ1v) is 7.41. The molecule has 21 heavy (non-hydrogen) atoms.